The molecule has 0 unspecified atom stereocenters. The number of hydrogen-bond donors (Lipinski definition) is 2. The van der Waals surface area contributed by atoms with E-state index in [4.69, 9.17) is 15.7 Å². The topological polar surface area (TPSA) is 120 Å². The quantitative estimate of drug-likeness (QED) is 0.599. The number of hydrogen-bond acceptors (Lipinski definition) is 6. The van der Waals surface area contributed by atoms with Crippen molar-refractivity contribution in [2.75, 3.05) is 37.7 Å². The molecule has 2 heterocycles. The zero-order valence-electron chi connectivity index (χ0n) is 16.9. The van der Waals surface area contributed by atoms with Gasteiger partial charge in [-0.25, -0.2) is 13.6 Å². The maximum absolute atomic E-state index is 13.7. The molecule has 1 aromatic carbocycles. The Kier molecular flexibility index (Phi) is 6.75. The van der Waals surface area contributed by atoms with Crippen LogP contribution in [0.1, 0.15) is 24.8 Å². The summed E-state index contributed by atoms with van der Waals surface area (Å²) in [6.45, 7) is 0.0670. The number of halogens is 2. The minimum atomic E-state index is -3.09. The number of amides is 1. The molecule has 31 heavy (non-hydrogen) atoms. The highest BCUT2D eigenvalue weighted by atomic mass is 19.3. The lowest BCUT2D eigenvalue weighted by Gasteiger charge is -2.31. The van der Waals surface area contributed by atoms with E-state index in [0.717, 1.165) is 17.7 Å². The molecule has 8 nitrogen and oxygen atoms in total. The Labute approximate surface area is 178 Å². The lowest BCUT2D eigenvalue weighted by atomic mass is 9.98. The zero-order chi connectivity index (χ0) is 22.6. The fourth-order valence-corrected chi connectivity index (χ4v) is 3.74. The van der Waals surface area contributed by atoms with E-state index in [1.807, 2.05) is 0 Å². The predicted molar refractivity (Wildman–Crippen MR) is 109 cm³/mol. The van der Waals surface area contributed by atoms with E-state index in [1.165, 1.54) is 6.08 Å². The maximum atomic E-state index is 13.7. The Morgan fingerprint density at radius 1 is 1.35 bits per heavy atom. The van der Waals surface area contributed by atoms with Gasteiger partial charge in [-0.3, -0.25) is 4.79 Å². The number of benzene rings is 1. The molecule has 1 saturated heterocycles. The van der Waals surface area contributed by atoms with E-state index in [9.17, 15) is 23.5 Å². The number of likely N-dealkylation sites (tertiary alicyclic amines) is 1. The van der Waals surface area contributed by atoms with Crippen LogP contribution in [-0.2, 0) is 9.59 Å². The van der Waals surface area contributed by atoms with Crippen LogP contribution in [0.5, 0.6) is 5.75 Å². The average molecular weight is 434 g/mol. The van der Waals surface area contributed by atoms with Crippen molar-refractivity contribution in [1.29, 1.82) is 5.26 Å². The fourth-order valence-electron chi connectivity index (χ4n) is 3.74. The monoisotopic (exact) mass is 434 g/mol. The van der Waals surface area contributed by atoms with Gasteiger partial charge in [0.2, 0.25) is 5.91 Å². The Hall–Kier alpha value is -3.19. The number of rotatable bonds is 8. The average Bonchev–Trinajstić information content (AvgIpc) is 3.06. The molecule has 1 fully saturated rings. The number of fused-ring (bicyclic) bond motifs is 1. The summed E-state index contributed by atoms with van der Waals surface area (Å²) in [6.07, 6.45) is 2.35. The molecule has 0 saturated carbocycles. The lowest BCUT2D eigenvalue weighted by molar-refractivity contribution is -0.131. The van der Waals surface area contributed by atoms with Gasteiger partial charge in [0.25, 0.3) is 5.92 Å². The summed E-state index contributed by atoms with van der Waals surface area (Å²) in [6, 6.07) is 5.49. The van der Waals surface area contributed by atoms with Crippen LogP contribution in [0.25, 0.3) is 5.57 Å². The summed E-state index contributed by atoms with van der Waals surface area (Å²) in [7, 11) is 0. The number of ether oxygens (including phenoxy) is 1. The van der Waals surface area contributed by atoms with Crippen LogP contribution in [-0.4, -0.2) is 66.6 Å². The van der Waals surface area contributed by atoms with Crippen molar-refractivity contribution < 1.29 is 28.2 Å². The molecule has 0 aliphatic carbocycles. The van der Waals surface area contributed by atoms with E-state index in [-0.39, 0.29) is 18.7 Å². The summed E-state index contributed by atoms with van der Waals surface area (Å²) in [4.78, 5) is 26.9. The molecule has 3 rings (SSSR count). The summed E-state index contributed by atoms with van der Waals surface area (Å²) in [5.41, 5.74) is 6.41. The van der Waals surface area contributed by atoms with Gasteiger partial charge in [0.1, 0.15) is 11.8 Å². The summed E-state index contributed by atoms with van der Waals surface area (Å²) in [5.74, 6) is -4.33. The highest BCUT2D eigenvalue weighted by Crippen LogP contribution is 2.36. The van der Waals surface area contributed by atoms with Crippen LogP contribution in [0, 0.1) is 11.3 Å². The first-order chi connectivity index (χ1) is 14.8. The Bertz CT molecular complexity index is 928. The van der Waals surface area contributed by atoms with Crippen molar-refractivity contribution in [3.63, 3.8) is 0 Å². The molecule has 1 atom stereocenters. The van der Waals surface area contributed by atoms with Crippen LogP contribution in [0.4, 0.5) is 14.5 Å². The Morgan fingerprint density at radius 2 is 2.13 bits per heavy atom. The van der Waals surface area contributed by atoms with Gasteiger partial charge in [-0.2, -0.15) is 5.26 Å². The summed E-state index contributed by atoms with van der Waals surface area (Å²) >= 11 is 0. The van der Waals surface area contributed by atoms with E-state index in [0.29, 0.717) is 30.2 Å². The molecule has 166 valence electrons. The minimum absolute atomic E-state index is 0.0775. The first-order valence-electron chi connectivity index (χ1n) is 9.98. The van der Waals surface area contributed by atoms with E-state index in [2.05, 4.69) is 0 Å². The van der Waals surface area contributed by atoms with Crippen LogP contribution in [0.15, 0.2) is 24.3 Å². The summed E-state index contributed by atoms with van der Waals surface area (Å²) < 4.78 is 33.0. The van der Waals surface area contributed by atoms with Gasteiger partial charge in [0, 0.05) is 24.2 Å². The molecule has 1 aromatic rings. The van der Waals surface area contributed by atoms with Gasteiger partial charge in [0.05, 0.1) is 31.3 Å². The second kappa shape index (κ2) is 9.31. The number of carbonyl (C=O) groups is 2. The highest BCUT2D eigenvalue weighted by Gasteiger charge is 2.47. The molecule has 2 aliphatic rings. The van der Waals surface area contributed by atoms with Gasteiger partial charge in [-0.15, -0.1) is 0 Å². The smallest absolute Gasteiger partial charge is 0.336 e. The van der Waals surface area contributed by atoms with E-state index < -0.39 is 36.8 Å². The molecule has 2 aliphatic heterocycles. The van der Waals surface area contributed by atoms with Crippen LogP contribution in [0.3, 0.4) is 0 Å². The molecular weight excluding hydrogens is 410 g/mol. The minimum Gasteiger partial charge on any atom is -0.494 e. The number of alkyl halides is 2. The number of nitrogens with zero attached hydrogens (tertiary/aromatic N) is 3. The molecular formula is C21H24F2N4O4. The number of carboxylic acids is 1. The van der Waals surface area contributed by atoms with Crippen molar-refractivity contribution in [2.24, 2.45) is 5.73 Å². The molecule has 0 spiro atoms. The standard InChI is InChI=1S/C21H24F2N4O4/c22-21(23)10-14(11-25)27(13-21)19(28)12-26-7-5-16(20(29)30)17-9-15(3-4-18(17)26)31-8-2-1-6-24/h3-5,9,14H,1-2,6-8,10,12-13,24H2,(H,29,30)/t14-/m0/s1. The number of unbranched alkanes of at least 4 members (excludes halogenated alkanes) is 1. The summed E-state index contributed by atoms with van der Waals surface area (Å²) in [5, 5.41) is 18.7. The second-order valence-electron chi connectivity index (χ2n) is 7.55. The van der Waals surface area contributed by atoms with Gasteiger partial charge >= 0.3 is 5.97 Å². The number of nitrogens with two attached hydrogens (primary N) is 1. The molecule has 0 bridgehead atoms. The number of aliphatic carboxylic acids is 1. The molecule has 0 radical (unpaired) electrons. The van der Waals surface area contributed by atoms with E-state index >= 15 is 0 Å². The lowest BCUT2D eigenvalue weighted by Crippen LogP contribution is -2.44. The first-order valence-corrected chi connectivity index (χ1v) is 9.98. The molecule has 10 heteroatoms. The van der Waals surface area contributed by atoms with Gasteiger partial charge in [-0.1, -0.05) is 6.08 Å². The van der Waals surface area contributed by atoms with Crippen LogP contribution >= 0.6 is 0 Å². The third-order valence-electron chi connectivity index (χ3n) is 5.28. The van der Waals surface area contributed by atoms with Crippen LogP contribution in [0.2, 0.25) is 0 Å². The third kappa shape index (κ3) is 5.11. The SMILES string of the molecule is N#C[C@@H]1CC(F)(F)CN1C(=O)CN1CC=C(C(=O)O)c2cc(OCCCCN)ccc21. The van der Waals surface area contributed by atoms with Crippen molar-refractivity contribution in [1.82, 2.24) is 4.90 Å². The van der Waals surface area contributed by atoms with Gasteiger partial charge in [-0.05, 0) is 37.6 Å². The zero-order valence-corrected chi connectivity index (χ0v) is 16.9. The number of anilines is 1. The van der Waals surface area contributed by atoms with Gasteiger partial charge in [0.15, 0.2) is 0 Å². The van der Waals surface area contributed by atoms with Crippen molar-refractivity contribution in [3.8, 4) is 11.8 Å². The molecule has 0 aromatic heterocycles. The van der Waals surface area contributed by atoms with Crippen molar-refractivity contribution >= 4 is 23.1 Å². The highest BCUT2D eigenvalue weighted by molar-refractivity contribution is 6.18. The van der Waals surface area contributed by atoms with Crippen LogP contribution < -0.4 is 15.4 Å². The van der Waals surface area contributed by atoms with Crippen molar-refractivity contribution in [3.05, 3.63) is 29.8 Å². The normalized spacial score (nSPS) is 19.4. The Morgan fingerprint density at radius 3 is 2.81 bits per heavy atom. The predicted octanol–water partition coefficient (Wildman–Crippen LogP) is 1.85. The van der Waals surface area contributed by atoms with E-state index in [1.54, 1.807) is 29.2 Å². The van der Waals surface area contributed by atoms with Gasteiger partial charge < -0.3 is 25.4 Å². The molecule has 1 amide bonds. The van der Waals surface area contributed by atoms with Crippen molar-refractivity contribution in [2.45, 2.75) is 31.2 Å². The first kappa shape index (κ1) is 22.5. The maximum Gasteiger partial charge on any atom is 0.336 e. The number of carboxylic acid groups (broad SMARTS) is 1. The largest absolute Gasteiger partial charge is 0.494 e. The third-order valence-corrected chi connectivity index (χ3v) is 5.28. The fraction of sp³-hybridized carbons (Fsp3) is 0.476. The number of carbonyl (C=O) groups excluding carboxylic acids is 1. The number of nitriles is 1. The molecule has 3 N–H and O–H groups in total. The Balaban J connectivity index is 1.79. The second-order valence-corrected chi connectivity index (χ2v) is 7.55.